The zero-order valence-corrected chi connectivity index (χ0v) is 13.6. The molecule has 124 valence electrons. The first kappa shape index (κ1) is 15.9. The lowest BCUT2D eigenvalue weighted by molar-refractivity contribution is -0.231. The zero-order chi connectivity index (χ0) is 16.0. The number of carbonyl (C=O) groups excluding carboxylic acids is 1. The van der Waals surface area contributed by atoms with E-state index in [1.807, 2.05) is 20.8 Å². The van der Waals surface area contributed by atoms with Gasteiger partial charge in [-0.3, -0.25) is 0 Å². The van der Waals surface area contributed by atoms with Crippen molar-refractivity contribution in [2.75, 3.05) is 13.2 Å². The molecular weight excluding hydrogens is 288 g/mol. The standard InChI is InChI=1S/C16H24O6/c1-5-18-12(17)8-10-6-7-11-16(4,19-9-10)13-14(20-11)22-15(2,3)21-13/h8,11,13-14H,5-7,9H2,1-4H3/b10-8+/t11-,13+,14-,16-/m1/s1. The number of hydrogen-bond donors (Lipinski definition) is 0. The van der Waals surface area contributed by atoms with Gasteiger partial charge in [-0.2, -0.15) is 0 Å². The van der Waals surface area contributed by atoms with Crippen LogP contribution in [0, 0.1) is 0 Å². The Morgan fingerprint density at radius 3 is 2.86 bits per heavy atom. The minimum Gasteiger partial charge on any atom is -0.463 e. The maximum Gasteiger partial charge on any atom is 0.330 e. The average Bonchev–Trinajstić information content (AvgIpc) is 2.80. The molecule has 3 heterocycles. The largest absolute Gasteiger partial charge is 0.463 e. The smallest absolute Gasteiger partial charge is 0.330 e. The molecule has 0 saturated carbocycles. The van der Waals surface area contributed by atoms with Crippen molar-refractivity contribution in [1.29, 1.82) is 0 Å². The number of fused-ring (bicyclic) bond motifs is 3. The van der Waals surface area contributed by atoms with E-state index in [4.69, 9.17) is 23.7 Å². The van der Waals surface area contributed by atoms with Gasteiger partial charge in [-0.25, -0.2) is 4.79 Å². The maximum atomic E-state index is 11.6. The molecule has 3 aliphatic rings. The van der Waals surface area contributed by atoms with Gasteiger partial charge in [-0.1, -0.05) is 0 Å². The zero-order valence-electron chi connectivity index (χ0n) is 13.6. The van der Waals surface area contributed by atoms with E-state index in [0.29, 0.717) is 13.2 Å². The molecule has 6 heteroatoms. The maximum absolute atomic E-state index is 11.6. The van der Waals surface area contributed by atoms with Crippen LogP contribution in [0.4, 0.5) is 0 Å². The number of esters is 1. The molecule has 0 aliphatic carbocycles. The summed E-state index contributed by atoms with van der Waals surface area (Å²) in [6.07, 6.45) is 2.28. The van der Waals surface area contributed by atoms with Crippen LogP contribution in [0.25, 0.3) is 0 Å². The van der Waals surface area contributed by atoms with E-state index in [-0.39, 0.29) is 24.5 Å². The van der Waals surface area contributed by atoms with Crippen LogP contribution in [0.15, 0.2) is 11.6 Å². The molecule has 6 nitrogen and oxygen atoms in total. The van der Waals surface area contributed by atoms with E-state index < -0.39 is 11.4 Å². The molecule has 0 radical (unpaired) electrons. The Balaban J connectivity index is 1.72. The van der Waals surface area contributed by atoms with Crippen molar-refractivity contribution >= 4 is 5.97 Å². The first-order valence-corrected chi connectivity index (χ1v) is 7.85. The summed E-state index contributed by atoms with van der Waals surface area (Å²) in [7, 11) is 0. The van der Waals surface area contributed by atoms with Gasteiger partial charge in [0.1, 0.15) is 11.7 Å². The molecule has 0 aromatic heterocycles. The lowest BCUT2D eigenvalue weighted by Gasteiger charge is -2.33. The van der Waals surface area contributed by atoms with Crippen LogP contribution in [0.1, 0.15) is 40.5 Å². The Kier molecular flexibility index (Phi) is 4.05. The van der Waals surface area contributed by atoms with Gasteiger partial charge in [-0.05, 0) is 46.1 Å². The van der Waals surface area contributed by atoms with Gasteiger partial charge in [0.15, 0.2) is 12.1 Å². The third-order valence-electron chi connectivity index (χ3n) is 4.47. The van der Waals surface area contributed by atoms with Gasteiger partial charge < -0.3 is 23.7 Å². The molecule has 3 aliphatic heterocycles. The van der Waals surface area contributed by atoms with Gasteiger partial charge in [0, 0.05) is 6.08 Å². The third-order valence-corrected chi connectivity index (χ3v) is 4.47. The van der Waals surface area contributed by atoms with Crippen LogP contribution in [0.3, 0.4) is 0 Å². The van der Waals surface area contributed by atoms with Crippen LogP contribution in [-0.4, -0.2) is 49.1 Å². The summed E-state index contributed by atoms with van der Waals surface area (Å²) in [6.45, 7) is 8.28. The number of carbonyl (C=O) groups is 1. The number of hydrogen-bond acceptors (Lipinski definition) is 6. The van der Waals surface area contributed by atoms with Crippen LogP contribution in [-0.2, 0) is 28.5 Å². The quantitative estimate of drug-likeness (QED) is 0.573. The highest BCUT2D eigenvalue weighted by molar-refractivity contribution is 5.82. The van der Waals surface area contributed by atoms with Crippen molar-refractivity contribution in [2.24, 2.45) is 0 Å². The monoisotopic (exact) mass is 312 g/mol. The van der Waals surface area contributed by atoms with E-state index >= 15 is 0 Å². The average molecular weight is 312 g/mol. The van der Waals surface area contributed by atoms with Gasteiger partial charge in [0.2, 0.25) is 0 Å². The Morgan fingerprint density at radius 2 is 2.14 bits per heavy atom. The minimum absolute atomic E-state index is 0.105. The molecular formula is C16H24O6. The SMILES string of the molecule is CCOC(=O)/C=C1\CC[C@H]2O[C@@H]3OC(C)(C)O[C@@H]3[C@]2(C)OC1. The van der Waals surface area contributed by atoms with Crippen molar-refractivity contribution in [2.45, 2.75) is 70.4 Å². The number of ether oxygens (including phenoxy) is 5. The molecule has 0 aromatic carbocycles. The molecule has 0 amide bonds. The van der Waals surface area contributed by atoms with E-state index in [9.17, 15) is 4.79 Å². The van der Waals surface area contributed by atoms with Crippen LogP contribution in [0.2, 0.25) is 0 Å². The van der Waals surface area contributed by atoms with E-state index in [2.05, 4.69) is 0 Å². The van der Waals surface area contributed by atoms with Crippen molar-refractivity contribution in [3.8, 4) is 0 Å². The van der Waals surface area contributed by atoms with Crippen molar-refractivity contribution < 1.29 is 28.5 Å². The van der Waals surface area contributed by atoms with Gasteiger partial charge in [-0.15, -0.1) is 0 Å². The highest BCUT2D eigenvalue weighted by Crippen LogP contribution is 2.47. The van der Waals surface area contributed by atoms with Crippen LogP contribution in [0.5, 0.6) is 0 Å². The van der Waals surface area contributed by atoms with Crippen molar-refractivity contribution in [3.63, 3.8) is 0 Å². The summed E-state index contributed by atoms with van der Waals surface area (Å²) in [5, 5.41) is 0. The molecule has 0 spiro atoms. The predicted octanol–water partition coefficient (Wildman–Crippen LogP) is 1.92. The molecule has 3 fully saturated rings. The molecule has 22 heavy (non-hydrogen) atoms. The normalized spacial score (nSPS) is 41.8. The minimum atomic E-state index is -0.664. The summed E-state index contributed by atoms with van der Waals surface area (Å²) in [5.41, 5.74) is 0.357. The van der Waals surface area contributed by atoms with Gasteiger partial charge in [0.25, 0.3) is 0 Å². The Morgan fingerprint density at radius 1 is 1.36 bits per heavy atom. The summed E-state index contributed by atoms with van der Waals surface area (Å²) in [6, 6.07) is 0. The van der Waals surface area contributed by atoms with Gasteiger partial charge in [0.05, 0.1) is 19.3 Å². The van der Waals surface area contributed by atoms with Crippen molar-refractivity contribution in [3.05, 3.63) is 11.6 Å². The molecule has 0 N–H and O–H groups in total. The fourth-order valence-electron chi connectivity index (χ4n) is 3.33. The first-order chi connectivity index (χ1) is 10.3. The highest BCUT2D eigenvalue weighted by Gasteiger charge is 2.62. The summed E-state index contributed by atoms with van der Waals surface area (Å²) in [5.74, 6) is -0.985. The molecule has 3 saturated heterocycles. The fraction of sp³-hybridized carbons (Fsp3) is 0.812. The van der Waals surface area contributed by atoms with Gasteiger partial charge >= 0.3 is 5.97 Å². The van der Waals surface area contributed by atoms with E-state index in [0.717, 1.165) is 18.4 Å². The topological polar surface area (TPSA) is 63.2 Å². The highest BCUT2D eigenvalue weighted by atomic mass is 16.8. The Labute approximate surface area is 130 Å². The Hall–Kier alpha value is -0.950. The van der Waals surface area contributed by atoms with E-state index in [1.54, 1.807) is 6.92 Å². The molecule has 0 aromatic rings. The second kappa shape index (κ2) is 5.60. The number of rotatable bonds is 2. The first-order valence-electron chi connectivity index (χ1n) is 7.85. The summed E-state index contributed by atoms with van der Waals surface area (Å²) >= 11 is 0. The van der Waals surface area contributed by atoms with E-state index in [1.165, 1.54) is 6.08 Å². The van der Waals surface area contributed by atoms with Crippen LogP contribution < -0.4 is 0 Å². The predicted molar refractivity (Wildman–Crippen MR) is 77.0 cm³/mol. The summed E-state index contributed by atoms with van der Waals surface area (Å²) in [4.78, 5) is 11.6. The molecule has 3 rings (SSSR count). The summed E-state index contributed by atoms with van der Waals surface area (Å²) < 4.78 is 28.8. The third kappa shape index (κ3) is 2.80. The lowest BCUT2D eigenvalue weighted by atomic mass is 9.92. The second-order valence-electron chi connectivity index (χ2n) is 6.62. The van der Waals surface area contributed by atoms with Crippen molar-refractivity contribution in [1.82, 2.24) is 0 Å². The Bertz CT molecular complexity index is 485. The van der Waals surface area contributed by atoms with Crippen LogP contribution >= 0.6 is 0 Å². The molecule has 4 atom stereocenters. The molecule has 0 unspecified atom stereocenters. The molecule has 0 bridgehead atoms. The lowest BCUT2D eigenvalue weighted by Crippen LogP contribution is -2.48. The fourth-order valence-corrected chi connectivity index (χ4v) is 3.33. The second-order valence-corrected chi connectivity index (χ2v) is 6.62.